The molecular weight excluding hydrogens is 404 g/mol. The molecule has 25 heavy (non-hydrogen) atoms. The molecule has 0 radical (unpaired) electrons. The monoisotopic (exact) mass is 430 g/mol. The largest absolute Gasteiger partial charge is 0.353 e. The van der Waals surface area contributed by atoms with Crippen LogP contribution in [0.4, 0.5) is 0 Å². The van der Waals surface area contributed by atoms with Crippen molar-refractivity contribution < 1.29 is 13.2 Å². The van der Waals surface area contributed by atoms with Crippen LogP contribution in [-0.2, 0) is 20.6 Å². The third kappa shape index (κ3) is 6.08. The van der Waals surface area contributed by atoms with Crippen LogP contribution in [0.2, 0.25) is 0 Å². The summed E-state index contributed by atoms with van der Waals surface area (Å²) in [5, 5.41) is 3.04. The second-order valence-corrected chi connectivity index (χ2v) is 9.64. The van der Waals surface area contributed by atoms with E-state index in [1.807, 2.05) is 31.2 Å². The minimum Gasteiger partial charge on any atom is -0.353 e. The van der Waals surface area contributed by atoms with Crippen LogP contribution >= 0.6 is 15.9 Å². The first-order chi connectivity index (χ1) is 11.8. The first-order valence-corrected chi connectivity index (χ1v) is 11.2. The maximum Gasteiger partial charge on any atom is 0.223 e. The van der Waals surface area contributed by atoms with Gasteiger partial charge in [0.05, 0.1) is 5.75 Å². The van der Waals surface area contributed by atoms with E-state index in [1.54, 1.807) is 0 Å². The van der Waals surface area contributed by atoms with Gasteiger partial charge < -0.3 is 5.32 Å². The number of carbonyl (C=O) groups excluding carboxylic acids is 1. The molecule has 1 atom stereocenters. The first-order valence-electron chi connectivity index (χ1n) is 8.84. The number of nitrogens with one attached hydrogen (secondary N) is 1. The van der Waals surface area contributed by atoms with Crippen molar-refractivity contribution in [1.82, 2.24) is 9.62 Å². The number of amides is 1. The van der Waals surface area contributed by atoms with Crippen molar-refractivity contribution in [2.45, 2.75) is 51.3 Å². The molecule has 1 aliphatic rings. The predicted octanol–water partition coefficient (Wildman–Crippen LogP) is 3.30. The number of piperidine rings is 1. The van der Waals surface area contributed by atoms with E-state index < -0.39 is 10.0 Å². The summed E-state index contributed by atoms with van der Waals surface area (Å²) in [5.41, 5.74) is 0.766. The molecule has 1 amide bonds. The lowest BCUT2D eigenvalue weighted by atomic mass is 9.96. The van der Waals surface area contributed by atoms with Crippen molar-refractivity contribution in [2.24, 2.45) is 5.92 Å². The van der Waals surface area contributed by atoms with Gasteiger partial charge in [0.2, 0.25) is 15.9 Å². The Kier molecular flexibility index (Phi) is 7.46. The zero-order chi connectivity index (χ0) is 18.4. The van der Waals surface area contributed by atoms with Gasteiger partial charge in [0.15, 0.2) is 0 Å². The van der Waals surface area contributed by atoms with Crippen molar-refractivity contribution in [3.05, 3.63) is 34.3 Å². The highest BCUT2D eigenvalue weighted by molar-refractivity contribution is 9.10. The van der Waals surface area contributed by atoms with Crippen molar-refractivity contribution in [2.75, 3.05) is 13.1 Å². The van der Waals surface area contributed by atoms with Gasteiger partial charge in [-0.25, -0.2) is 12.7 Å². The molecule has 0 spiro atoms. The van der Waals surface area contributed by atoms with Crippen LogP contribution in [0.3, 0.4) is 0 Å². The number of rotatable bonds is 7. The smallest absolute Gasteiger partial charge is 0.223 e. The SMILES string of the molecule is CCCC(C)NC(=O)C1CCN(S(=O)(=O)Cc2cccc(Br)c2)CC1. The van der Waals surface area contributed by atoms with Gasteiger partial charge in [-0.3, -0.25) is 4.79 Å². The molecule has 0 aliphatic carbocycles. The molecule has 1 N–H and O–H groups in total. The molecule has 1 unspecified atom stereocenters. The maximum absolute atomic E-state index is 12.6. The van der Waals surface area contributed by atoms with Crippen LogP contribution < -0.4 is 5.32 Å². The van der Waals surface area contributed by atoms with E-state index in [9.17, 15) is 13.2 Å². The quantitative estimate of drug-likeness (QED) is 0.721. The molecular formula is C18H27BrN2O3S. The van der Waals surface area contributed by atoms with Gasteiger partial charge in [-0.05, 0) is 43.9 Å². The zero-order valence-corrected chi connectivity index (χ0v) is 17.3. The number of halogens is 1. The van der Waals surface area contributed by atoms with Gasteiger partial charge in [0.1, 0.15) is 0 Å². The standard InChI is InChI=1S/C18H27BrN2O3S/c1-3-5-14(2)20-18(22)16-8-10-21(11-9-16)25(23,24)13-15-6-4-7-17(19)12-15/h4,6-7,12,14,16H,3,5,8-11,13H2,1-2H3,(H,20,22). The predicted molar refractivity (Wildman–Crippen MR) is 104 cm³/mol. The van der Waals surface area contributed by atoms with E-state index in [1.165, 1.54) is 4.31 Å². The highest BCUT2D eigenvalue weighted by atomic mass is 79.9. The Morgan fingerprint density at radius 3 is 2.64 bits per heavy atom. The summed E-state index contributed by atoms with van der Waals surface area (Å²) in [7, 11) is -3.35. The van der Waals surface area contributed by atoms with E-state index in [2.05, 4.69) is 28.2 Å². The fourth-order valence-corrected chi connectivity index (χ4v) is 5.19. The number of hydrogen-bond acceptors (Lipinski definition) is 3. The fraction of sp³-hybridized carbons (Fsp3) is 0.611. The van der Waals surface area contributed by atoms with Crippen LogP contribution in [0.15, 0.2) is 28.7 Å². The average molecular weight is 431 g/mol. The topological polar surface area (TPSA) is 66.5 Å². The Morgan fingerprint density at radius 2 is 2.04 bits per heavy atom. The molecule has 1 aromatic carbocycles. The second-order valence-electron chi connectivity index (χ2n) is 6.76. The Balaban J connectivity index is 1.89. The Hall–Kier alpha value is -0.920. The average Bonchev–Trinajstić information content (AvgIpc) is 2.54. The van der Waals surface area contributed by atoms with E-state index in [4.69, 9.17) is 0 Å². The van der Waals surface area contributed by atoms with Crippen molar-refractivity contribution in [1.29, 1.82) is 0 Å². The highest BCUT2D eigenvalue weighted by Gasteiger charge is 2.31. The third-order valence-corrected chi connectivity index (χ3v) is 6.91. The van der Waals surface area contributed by atoms with Crippen molar-refractivity contribution >= 4 is 31.9 Å². The Bertz CT molecular complexity index is 685. The van der Waals surface area contributed by atoms with Crippen molar-refractivity contribution in [3.8, 4) is 0 Å². The lowest BCUT2D eigenvalue weighted by Crippen LogP contribution is -2.45. The van der Waals surface area contributed by atoms with Crippen LogP contribution in [0.25, 0.3) is 0 Å². The zero-order valence-electron chi connectivity index (χ0n) is 14.9. The van der Waals surface area contributed by atoms with E-state index in [-0.39, 0.29) is 23.6 Å². The minimum atomic E-state index is -3.35. The van der Waals surface area contributed by atoms with Crippen LogP contribution in [-0.4, -0.2) is 37.8 Å². The lowest BCUT2D eigenvalue weighted by molar-refractivity contribution is -0.126. The number of hydrogen-bond donors (Lipinski definition) is 1. The summed E-state index contributed by atoms with van der Waals surface area (Å²) in [4.78, 5) is 12.3. The normalized spacial score (nSPS) is 18.0. The second kappa shape index (κ2) is 9.14. The molecule has 1 aromatic rings. The van der Waals surface area contributed by atoms with Gasteiger partial charge in [0.25, 0.3) is 0 Å². The molecule has 2 rings (SSSR count). The van der Waals surface area contributed by atoms with Gasteiger partial charge in [-0.1, -0.05) is 41.4 Å². The molecule has 0 saturated carbocycles. The molecule has 140 valence electrons. The molecule has 5 nitrogen and oxygen atoms in total. The summed E-state index contributed by atoms with van der Waals surface area (Å²) in [6.07, 6.45) is 3.17. The van der Waals surface area contributed by atoms with Gasteiger partial charge >= 0.3 is 0 Å². The van der Waals surface area contributed by atoms with E-state index in [0.29, 0.717) is 25.9 Å². The first kappa shape index (κ1) is 20.4. The maximum atomic E-state index is 12.6. The lowest BCUT2D eigenvalue weighted by Gasteiger charge is -2.31. The summed E-state index contributed by atoms with van der Waals surface area (Å²) >= 11 is 3.37. The molecule has 1 aliphatic heterocycles. The summed E-state index contributed by atoms with van der Waals surface area (Å²) in [5.74, 6) is -0.0294. The molecule has 0 aromatic heterocycles. The van der Waals surface area contributed by atoms with Crippen LogP contribution in [0.5, 0.6) is 0 Å². The van der Waals surface area contributed by atoms with Gasteiger partial charge in [0, 0.05) is 29.5 Å². The summed E-state index contributed by atoms with van der Waals surface area (Å²) in [6, 6.07) is 7.53. The fourth-order valence-electron chi connectivity index (χ4n) is 3.19. The van der Waals surface area contributed by atoms with Crippen molar-refractivity contribution in [3.63, 3.8) is 0 Å². The van der Waals surface area contributed by atoms with Gasteiger partial charge in [-0.15, -0.1) is 0 Å². The third-order valence-electron chi connectivity index (χ3n) is 4.57. The van der Waals surface area contributed by atoms with E-state index in [0.717, 1.165) is 22.9 Å². The minimum absolute atomic E-state index is 0.00314. The molecule has 7 heteroatoms. The Morgan fingerprint density at radius 1 is 1.36 bits per heavy atom. The number of sulfonamides is 1. The highest BCUT2D eigenvalue weighted by Crippen LogP contribution is 2.23. The molecule has 1 saturated heterocycles. The Labute approximate surface area is 159 Å². The summed E-state index contributed by atoms with van der Waals surface area (Å²) < 4.78 is 27.6. The number of nitrogens with zero attached hydrogens (tertiary/aromatic N) is 1. The molecule has 0 bridgehead atoms. The number of benzene rings is 1. The van der Waals surface area contributed by atoms with Crippen LogP contribution in [0, 0.1) is 5.92 Å². The summed E-state index contributed by atoms with van der Waals surface area (Å²) in [6.45, 7) is 4.93. The van der Waals surface area contributed by atoms with Gasteiger partial charge in [-0.2, -0.15) is 0 Å². The van der Waals surface area contributed by atoms with Crippen LogP contribution in [0.1, 0.15) is 45.1 Å². The van der Waals surface area contributed by atoms with E-state index >= 15 is 0 Å². The molecule has 1 fully saturated rings. The number of carbonyl (C=O) groups is 1. The molecule has 1 heterocycles.